The molecule has 5 aromatic rings. The molecule has 4 fully saturated rings. The molecular weight excluding hydrogens is 510 g/mol. The lowest BCUT2D eigenvalue weighted by Gasteiger charge is -2.10. The number of anilines is 1. The number of nitrogens with two attached hydrogens (primary N) is 1. The first kappa shape index (κ1) is 23.3. The predicted molar refractivity (Wildman–Crippen MR) is 155 cm³/mol. The number of pyridine rings is 2. The Morgan fingerprint density at radius 2 is 1.10 bits per heavy atom. The SMILES string of the molecule is Nc1ncc(-c2ccc(-n3nc(C4CC4)cc3C3CC3)nc2)nc1-c1ccc(-n2nc(C3CC3)cc2C2CC2)nc1. The maximum atomic E-state index is 6.30. The van der Waals surface area contributed by atoms with Gasteiger partial charge in [0.25, 0.3) is 0 Å². The molecule has 0 unspecified atom stereocenters. The molecule has 4 aliphatic carbocycles. The van der Waals surface area contributed by atoms with Crippen LogP contribution >= 0.6 is 0 Å². The normalized spacial score (nSPS) is 18.6. The van der Waals surface area contributed by atoms with E-state index in [1.807, 2.05) is 46.0 Å². The van der Waals surface area contributed by atoms with Crippen molar-refractivity contribution >= 4 is 5.82 Å². The molecule has 204 valence electrons. The molecule has 2 N–H and O–H groups in total. The Bertz CT molecular complexity index is 1770. The summed E-state index contributed by atoms with van der Waals surface area (Å²) in [5.41, 5.74) is 14.3. The fourth-order valence-electron chi connectivity index (χ4n) is 5.76. The zero-order valence-corrected chi connectivity index (χ0v) is 22.8. The van der Waals surface area contributed by atoms with E-state index >= 15 is 0 Å². The minimum Gasteiger partial charge on any atom is -0.382 e. The molecule has 0 aromatic carbocycles. The van der Waals surface area contributed by atoms with E-state index in [-0.39, 0.29) is 0 Å². The number of nitrogens with zero attached hydrogens (tertiary/aromatic N) is 8. The number of nitrogen functional groups attached to an aromatic ring is 1. The molecule has 0 amide bonds. The molecule has 0 atom stereocenters. The van der Waals surface area contributed by atoms with Gasteiger partial charge in [0.1, 0.15) is 11.5 Å². The highest BCUT2D eigenvalue weighted by molar-refractivity contribution is 5.72. The van der Waals surface area contributed by atoms with Crippen molar-refractivity contribution < 1.29 is 0 Å². The van der Waals surface area contributed by atoms with Gasteiger partial charge >= 0.3 is 0 Å². The highest BCUT2D eigenvalue weighted by Gasteiger charge is 2.34. The van der Waals surface area contributed by atoms with Crippen LogP contribution in [0.2, 0.25) is 0 Å². The first-order valence-corrected chi connectivity index (χ1v) is 14.9. The van der Waals surface area contributed by atoms with Gasteiger partial charge in [0, 0.05) is 58.6 Å². The van der Waals surface area contributed by atoms with Crippen LogP contribution in [0, 0.1) is 0 Å². The number of rotatable bonds is 8. The third-order valence-electron chi connectivity index (χ3n) is 8.79. The van der Waals surface area contributed by atoms with Crippen molar-refractivity contribution in [2.75, 3.05) is 5.73 Å². The van der Waals surface area contributed by atoms with Crippen molar-refractivity contribution in [1.29, 1.82) is 0 Å². The standard InChI is InChI=1S/C32H31N9/c33-32-31(23-10-12-30(35-16-23)41-28(21-7-8-21)14-25(39-41)19-3-4-19)37-26(17-36-32)22-9-11-29(34-15-22)40-27(20-5-6-20)13-24(38-40)18-1-2-18/h9-21H,1-8H2,(H2,33,36). The van der Waals surface area contributed by atoms with E-state index in [4.69, 9.17) is 30.9 Å². The summed E-state index contributed by atoms with van der Waals surface area (Å²) in [6.07, 6.45) is 15.3. The molecule has 5 heterocycles. The zero-order valence-electron chi connectivity index (χ0n) is 22.8. The summed E-state index contributed by atoms with van der Waals surface area (Å²) in [5, 5.41) is 9.85. The zero-order chi connectivity index (χ0) is 27.1. The van der Waals surface area contributed by atoms with Crippen LogP contribution in [-0.4, -0.2) is 39.5 Å². The van der Waals surface area contributed by atoms with E-state index in [0.29, 0.717) is 35.2 Å². The van der Waals surface area contributed by atoms with Gasteiger partial charge < -0.3 is 5.73 Å². The minimum atomic E-state index is 0.375. The van der Waals surface area contributed by atoms with E-state index in [1.54, 1.807) is 6.20 Å². The first-order chi connectivity index (χ1) is 20.2. The Kier molecular flexibility index (Phi) is 5.00. The lowest BCUT2D eigenvalue weighted by atomic mass is 10.1. The average Bonchev–Trinajstić information content (AvgIpc) is 3.83. The molecule has 4 saturated carbocycles. The van der Waals surface area contributed by atoms with Crippen molar-refractivity contribution in [3.8, 4) is 34.2 Å². The second kappa shape index (κ2) is 8.80. The Morgan fingerprint density at radius 1 is 0.585 bits per heavy atom. The maximum Gasteiger partial charge on any atom is 0.153 e. The van der Waals surface area contributed by atoms with Gasteiger partial charge in [-0.05, 0) is 87.8 Å². The van der Waals surface area contributed by atoms with Gasteiger partial charge in [-0.1, -0.05) is 0 Å². The van der Waals surface area contributed by atoms with Crippen LogP contribution in [-0.2, 0) is 0 Å². The third-order valence-corrected chi connectivity index (χ3v) is 8.79. The predicted octanol–water partition coefficient (Wildman–Crippen LogP) is 6.06. The van der Waals surface area contributed by atoms with E-state index in [2.05, 4.69) is 17.1 Å². The topological polar surface area (TPSA) is 113 Å². The van der Waals surface area contributed by atoms with Crippen LogP contribution < -0.4 is 5.73 Å². The number of aromatic nitrogens is 8. The quantitative estimate of drug-likeness (QED) is 0.254. The van der Waals surface area contributed by atoms with Crippen LogP contribution in [0.4, 0.5) is 5.82 Å². The molecule has 0 radical (unpaired) electrons. The average molecular weight is 542 g/mol. The summed E-state index contributed by atoms with van der Waals surface area (Å²) in [7, 11) is 0. The second-order valence-corrected chi connectivity index (χ2v) is 12.2. The fraction of sp³-hybridized carbons (Fsp3) is 0.375. The summed E-state index contributed by atoms with van der Waals surface area (Å²) < 4.78 is 4.08. The number of hydrogen-bond acceptors (Lipinski definition) is 7. The molecule has 9 nitrogen and oxygen atoms in total. The lowest BCUT2D eigenvalue weighted by molar-refractivity contribution is 0.766. The van der Waals surface area contributed by atoms with E-state index < -0.39 is 0 Å². The molecule has 9 heteroatoms. The molecule has 0 spiro atoms. The highest BCUT2D eigenvalue weighted by Crippen LogP contribution is 2.46. The van der Waals surface area contributed by atoms with E-state index in [1.165, 1.54) is 74.1 Å². The molecule has 41 heavy (non-hydrogen) atoms. The van der Waals surface area contributed by atoms with Crippen LogP contribution in [0.3, 0.4) is 0 Å². The lowest BCUT2D eigenvalue weighted by Crippen LogP contribution is -2.05. The monoisotopic (exact) mass is 541 g/mol. The van der Waals surface area contributed by atoms with E-state index in [0.717, 1.165) is 28.5 Å². The van der Waals surface area contributed by atoms with Crippen LogP contribution in [0.1, 0.15) is 97.8 Å². The molecule has 0 aliphatic heterocycles. The van der Waals surface area contributed by atoms with Gasteiger partial charge in [0.2, 0.25) is 0 Å². The van der Waals surface area contributed by atoms with Crippen molar-refractivity contribution in [2.45, 2.75) is 75.0 Å². The van der Waals surface area contributed by atoms with Crippen molar-refractivity contribution in [1.82, 2.24) is 39.5 Å². The molecule has 9 rings (SSSR count). The van der Waals surface area contributed by atoms with Gasteiger partial charge in [-0.15, -0.1) is 0 Å². The van der Waals surface area contributed by atoms with Gasteiger partial charge in [0.05, 0.1) is 23.3 Å². The summed E-state index contributed by atoms with van der Waals surface area (Å²) in [5.74, 6) is 4.51. The summed E-state index contributed by atoms with van der Waals surface area (Å²) in [4.78, 5) is 18.9. The Morgan fingerprint density at radius 3 is 1.56 bits per heavy atom. The smallest absolute Gasteiger partial charge is 0.153 e. The maximum absolute atomic E-state index is 6.30. The van der Waals surface area contributed by atoms with Crippen molar-refractivity contribution in [3.05, 3.63) is 77.8 Å². The molecule has 4 aliphatic rings. The molecular formula is C32H31N9. The molecule has 5 aromatic heterocycles. The molecule has 0 bridgehead atoms. The number of hydrogen-bond donors (Lipinski definition) is 1. The molecule has 0 saturated heterocycles. The summed E-state index contributed by atoms with van der Waals surface area (Å²) in [6, 6.07) is 12.7. The Hall–Kier alpha value is -4.40. The summed E-state index contributed by atoms with van der Waals surface area (Å²) in [6.45, 7) is 0. The first-order valence-electron chi connectivity index (χ1n) is 14.9. The van der Waals surface area contributed by atoms with Gasteiger partial charge in [-0.25, -0.2) is 29.3 Å². The Balaban J connectivity index is 1.00. The second-order valence-electron chi connectivity index (χ2n) is 12.2. The Labute approximate surface area is 237 Å². The van der Waals surface area contributed by atoms with Gasteiger partial charge in [-0.2, -0.15) is 10.2 Å². The largest absolute Gasteiger partial charge is 0.382 e. The van der Waals surface area contributed by atoms with Gasteiger partial charge in [-0.3, -0.25) is 0 Å². The third kappa shape index (κ3) is 4.31. The minimum absolute atomic E-state index is 0.375. The van der Waals surface area contributed by atoms with Crippen LogP contribution in [0.25, 0.3) is 34.2 Å². The van der Waals surface area contributed by atoms with Crippen molar-refractivity contribution in [3.63, 3.8) is 0 Å². The van der Waals surface area contributed by atoms with Gasteiger partial charge in [0.15, 0.2) is 11.6 Å². The van der Waals surface area contributed by atoms with Crippen LogP contribution in [0.5, 0.6) is 0 Å². The fourth-order valence-corrected chi connectivity index (χ4v) is 5.76. The van der Waals surface area contributed by atoms with Crippen LogP contribution in [0.15, 0.2) is 55.0 Å². The van der Waals surface area contributed by atoms with E-state index in [9.17, 15) is 0 Å². The summed E-state index contributed by atoms with van der Waals surface area (Å²) >= 11 is 0. The highest BCUT2D eigenvalue weighted by atomic mass is 15.3. The van der Waals surface area contributed by atoms with Crippen molar-refractivity contribution in [2.24, 2.45) is 0 Å².